The first kappa shape index (κ1) is 21.4. The molecule has 164 valence electrons. The van der Waals surface area contributed by atoms with Crippen LogP contribution in [0.25, 0.3) is 5.65 Å². The van der Waals surface area contributed by atoms with Gasteiger partial charge in [0.15, 0.2) is 17.2 Å². The number of carbonyl (C=O) groups excluding carboxylic acids is 1. The number of nitrogens with one attached hydrogen (secondary N) is 1. The molecule has 1 N–H and O–H groups in total. The summed E-state index contributed by atoms with van der Waals surface area (Å²) < 4.78 is 35.5. The van der Waals surface area contributed by atoms with Gasteiger partial charge in [-0.25, -0.2) is 13.8 Å². The third-order valence-corrected chi connectivity index (χ3v) is 5.82. The molecule has 31 heavy (non-hydrogen) atoms. The summed E-state index contributed by atoms with van der Waals surface area (Å²) in [7, 11) is 0. The van der Waals surface area contributed by atoms with E-state index >= 15 is 0 Å². The summed E-state index contributed by atoms with van der Waals surface area (Å²) in [5.41, 5.74) is 2.37. The van der Waals surface area contributed by atoms with Crippen LogP contribution in [0.2, 0.25) is 0 Å². The van der Waals surface area contributed by atoms with Crippen molar-refractivity contribution in [1.82, 2.24) is 14.7 Å². The minimum Gasteiger partial charge on any atom is -0.485 e. The number of hydrogen-bond donors (Lipinski definition) is 1. The predicted octanol–water partition coefficient (Wildman–Crippen LogP) is 4.77. The van der Waals surface area contributed by atoms with Crippen molar-refractivity contribution in [3.8, 4) is 5.75 Å². The maximum Gasteiger partial charge on any atom is 0.181 e. The predicted molar refractivity (Wildman–Crippen MR) is 115 cm³/mol. The molecule has 2 aromatic heterocycles. The molecule has 1 aromatic carbocycles. The molecule has 0 bridgehead atoms. The Hall–Kier alpha value is -2.80. The summed E-state index contributed by atoms with van der Waals surface area (Å²) in [6.45, 7) is 5.28. The van der Waals surface area contributed by atoms with Gasteiger partial charge in [-0.2, -0.15) is 0 Å². The summed E-state index contributed by atoms with van der Waals surface area (Å²) in [5.74, 6) is -0.562. The average molecular weight is 427 g/mol. The number of aromatic nitrogens is 2. The third kappa shape index (κ3) is 4.61. The van der Waals surface area contributed by atoms with Crippen molar-refractivity contribution in [2.24, 2.45) is 5.92 Å². The van der Waals surface area contributed by atoms with Crippen molar-refractivity contribution in [2.75, 3.05) is 13.1 Å². The number of nitrogens with zero attached hydrogens (tertiary/aromatic N) is 2. The Kier molecular flexibility index (Phi) is 6.32. The van der Waals surface area contributed by atoms with Gasteiger partial charge in [0.1, 0.15) is 23.9 Å². The van der Waals surface area contributed by atoms with Crippen LogP contribution in [0, 0.1) is 31.4 Å². The molecule has 0 radical (unpaired) electrons. The van der Waals surface area contributed by atoms with Crippen LogP contribution < -0.4 is 10.1 Å². The van der Waals surface area contributed by atoms with E-state index in [4.69, 9.17) is 4.74 Å². The van der Waals surface area contributed by atoms with Gasteiger partial charge in [-0.1, -0.05) is 12.5 Å². The fourth-order valence-corrected chi connectivity index (χ4v) is 4.24. The number of imidazole rings is 1. The topological polar surface area (TPSA) is 55.6 Å². The van der Waals surface area contributed by atoms with Gasteiger partial charge in [0.05, 0.1) is 11.3 Å². The van der Waals surface area contributed by atoms with Crippen LogP contribution in [0.15, 0.2) is 30.5 Å². The van der Waals surface area contributed by atoms with Crippen molar-refractivity contribution in [1.29, 1.82) is 0 Å². The summed E-state index contributed by atoms with van der Waals surface area (Å²) in [6, 6.07) is 5.49. The van der Waals surface area contributed by atoms with Gasteiger partial charge in [0.2, 0.25) is 0 Å². The van der Waals surface area contributed by atoms with E-state index in [1.165, 1.54) is 18.2 Å². The van der Waals surface area contributed by atoms with E-state index in [0.29, 0.717) is 35.1 Å². The molecular formula is C24H27F2N3O2. The van der Waals surface area contributed by atoms with Gasteiger partial charge in [-0.05, 0) is 69.5 Å². The molecule has 1 saturated heterocycles. The average Bonchev–Trinajstić information content (AvgIpc) is 2.87. The lowest BCUT2D eigenvalue weighted by Crippen LogP contribution is -2.23. The van der Waals surface area contributed by atoms with Gasteiger partial charge in [0.25, 0.3) is 0 Å². The van der Waals surface area contributed by atoms with Gasteiger partial charge in [-0.15, -0.1) is 0 Å². The lowest BCUT2D eigenvalue weighted by molar-refractivity contribution is 0.0953. The minimum atomic E-state index is -0.656. The Morgan fingerprint density at radius 2 is 2.03 bits per heavy atom. The Balaban J connectivity index is 1.62. The number of ether oxygens (including phenoxy) is 1. The Labute approximate surface area is 180 Å². The highest BCUT2D eigenvalue weighted by molar-refractivity contribution is 5.97. The number of pyridine rings is 1. The van der Waals surface area contributed by atoms with Crippen molar-refractivity contribution >= 4 is 11.4 Å². The minimum absolute atomic E-state index is 0.0513. The molecule has 0 spiro atoms. The van der Waals surface area contributed by atoms with Gasteiger partial charge >= 0.3 is 0 Å². The van der Waals surface area contributed by atoms with Crippen LogP contribution in [0.5, 0.6) is 5.75 Å². The van der Waals surface area contributed by atoms with Crippen molar-refractivity contribution in [3.05, 3.63) is 64.6 Å². The highest BCUT2D eigenvalue weighted by Gasteiger charge is 2.23. The van der Waals surface area contributed by atoms with E-state index in [2.05, 4.69) is 10.3 Å². The van der Waals surface area contributed by atoms with Crippen molar-refractivity contribution < 1.29 is 18.3 Å². The second kappa shape index (κ2) is 9.14. The van der Waals surface area contributed by atoms with Crippen LogP contribution >= 0.6 is 0 Å². The highest BCUT2D eigenvalue weighted by Crippen LogP contribution is 2.27. The van der Waals surface area contributed by atoms with Gasteiger partial charge in [0, 0.05) is 12.6 Å². The van der Waals surface area contributed by atoms with E-state index in [9.17, 15) is 13.6 Å². The Morgan fingerprint density at radius 3 is 2.81 bits per heavy atom. The fourth-order valence-electron chi connectivity index (χ4n) is 4.24. The second-order valence-electron chi connectivity index (χ2n) is 8.30. The zero-order valence-electron chi connectivity index (χ0n) is 17.9. The summed E-state index contributed by atoms with van der Waals surface area (Å²) >= 11 is 0. The third-order valence-electron chi connectivity index (χ3n) is 5.82. The van der Waals surface area contributed by atoms with Crippen molar-refractivity contribution in [2.45, 2.75) is 46.1 Å². The molecule has 3 heterocycles. The first-order valence-electron chi connectivity index (χ1n) is 10.7. The molecule has 4 rings (SSSR count). The van der Waals surface area contributed by atoms with E-state index in [-0.39, 0.29) is 18.0 Å². The number of carbonyl (C=O) groups is 1. The summed E-state index contributed by atoms with van der Waals surface area (Å²) in [6.07, 6.45) is 5.62. The largest absolute Gasteiger partial charge is 0.485 e. The maximum atomic E-state index is 14.0. The quantitative estimate of drug-likeness (QED) is 0.576. The number of benzene rings is 1. The first-order valence-corrected chi connectivity index (χ1v) is 10.7. The molecular weight excluding hydrogens is 400 g/mol. The maximum absolute atomic E-state index is 14.0. The zero-order chi connectivity index (χ0) is 22.0. The van der Waals surface area contributed by atoms with Gasteiger partial charge in [-0.3, -0.25) is 9.20 Å². The number of fused-ring (bicyclic) bond motifs is 1. The smallest absolute Gasteiger partial charge is 0.181 e. The molecule has 1 aliphatic rings. The fraction of sp³-hybridized carbons (Fsp3) is 0.417. The van der Waals surface area contributed by atoms with Crippen molar-refractivity contribution in [3.63, 3.8) is 0 Å². The molecule has 1 fully saturated rings. The number of ketones is 1. The first-order chi connectivity index (χ1) is 14.9. The van der Waals surface area contributed by atoms with E-state index in [1.54, 1.807) is 17.4 Å². The van der Waals surface area contributed by atoms with E-state index < -0.39 is 11.6 Å². The number of hydrogen-bond acceptors (Lipinski definition) is 4. The highest BCUT2D eigenvalue weighted by atomic mass is 19.1. The Morgan fingerprint density at radius 1 is 1.26 bits per heavy atom. The monoisotopic (exact) mass is 427 g/mol. The molecule has 1 atom stereocenters. The van der Waals surface area contributed by atoms with Crippen LogP contribution in [0.4, 0.5) is 8.78 Å². The molecule has 1 unspecified atom stereocenters. The van der Waals surface area contributed by atoms with Crippen LogP contribution in [-0.4, -0.2) is 28.3 Å². The van der Waals surface area contributed by atoms with E-state index in [1.807, 2.05) is 13.1 Å². The molecule has 1 aliphatic heterocycles. The number of rotatable bonds is 6. The summed E-state index contributed by atoms with van der Waals surface area (Å²) in [4.78, 5) is 17.7. The SMILES string of the molecule is Cc1cc(OCc2c(F)cccc2F)c2nc(C)c(C(=O)CC3CCCCNC3)n2c1. The molecule has 0 saturated carbocycles. The van der Waals surface area contributed by atoms with Crippen LogP contribution in [0.1, 0.15) is 53.0 Å². The number of Topliss-reactive ketones (excluding diaryl/α,β-unsaturated/α-hetero) is 1. The second-order valence-corrected chi connectivity index (χ2v) is 8.30. The standard InChI is InChI=1S/C24H27F2N3O2/c1-15-10-22(31-14-18-19(25)7-5-8-20(18)26)24-28-16(2)23(29(24)13-15)21(30)11-17-6-3-4-9-27-12-17/h5,7-8,10,13,17,27H,3-4,6,9,11-12,14H2,1-2H3. The molecule has 7 heteroatoms. The molecule has 0 aliphatic carbocycles. The lowest BCUT2D eigenvalue weighted by atomic mass is 9.96. The number of halogens is 2. The normalized spacial score (nSPS) is 17.0. The zero-order valence-corrected chi connectivity index (χ0v) is 17.9. The van der Waals surface area contributed by atoms with Gasteiger partial charge < -0.3 is 10.1 Å². The van der Waals surface area contributed by atoms with Crippen LogP contribution in [0.3, 0.4) is 0 Å². The molecule has 3 aromatic rings. The Bertz CT molecular complexity index is 1080. The lowest BCUT2D eigenvalue weighted by Gasteiger charge is -2.14. The molecule has 0 amide bonds. The number of aryl methyl sites for hydroxylation is 2. The van der Waals surface area contributed by atoms with E-state index in [0.717, 1.165) is 37.9 Å². The summed E-state index contributed by atoms with van der Waals surface area (Å²) in [5, 5.41) is 3.40. The van der Waals surface area contributed by atoms with Crippen LogP contribution in [-0.2, 0) is 6.61 Å². The molecule has 5 nitrogen and oxygen atoms in total.